The van der Waals surface area contributed by atoms with E-state index in [1.54, 1.807) is 31.3 Å². The van der Waals surface area contributed by atoms with Crippen LogP contribution in [0.25, 0.3) is 0 Å². The van der Waals surface area contributed by atoms with Crippen molar-refractivity contribution in [2.45, 2.75) is 6.92 Å². The van der Waals surface area contributed by atoms with Crippen LogP contribution in [0.1, 0.15) is 15.9 Å². The maximum Gasteiger partial charge on any atom is 0.251 e. The molecule has 5 nitrogen and oxygen atoms in total. The Balaban J connectivity index is 1.72. The number of ether oxygens (including phenoxy) is 1. The maximum absolute atomic E-state index is 12.1. The van der Waals surface area contributed by atoms with Gasteiger partial charge in [0.05, 0.1) is 13.1 Å². The largest absolute Gasteiger partial charge is 0.492 e. The molecule has 0 bridgehead atoms. The Morgan fingerprint density at radius 1 is 1.16 bits per heavy atom. The second-order valence-corrected chi connectivity index (χ2v) is 6.59. The number of aryl methyl sites for hydroxylation is 1. The first-order valence-corrected chi connectivity index (χ1v) is 8.72. The predicted octanol–water partition coefficient (Wildman–Crippen LogP) is 3.02. The number of rotatable bonds is 7. The lowest BCUT2D eigenvalue weighted by Gasteiger charge is -2.18. The van der Waals surface area contributed by atoms with Crippen molar-refractivity contribution in [3.05, 3.63) is 64.1 Å². The summed E-state index contributed by atoms with van der Waals surface area (Å²) in [5, 5.41) is 2.63. The molecule has 2 aromatic carbocycles. The Hall–Kier alpha value is -2.34. The molecule has 6 heteroatoms. The lowest BCUT2D eigenvalue weighted by molar-refractivity contribution is -0.129. The van der Waals surface area contributed by atoms with E-state index in [0.29, 0.717) is 18.7 Å². The molecule has 2 aromatic rings. The van der Waals surface area contributed by atoms with Gasteiger partial charge in [-0.2, -0.15) is 0 Å². The normalized spacial score (nSPS) is 10.2. The molecule has 2 amide bonds. The lowest BCUT2D eigenvalue weighted by atomic mass is 10.2. The average molecular weight is 405 g/mol. The Morgan fingerprint density at radius 2 is 1.88 bits per heavy atom. The van der Waals surface area contributed by atoms with E-state index < -0.39 is 0 Å². The van der Waals surface area contributed by atoms with Gasteiger partial charge < -0.3 is 15.0 Å². The summed E-state index contributed by atoms with van der Waals surface area (Å²) < 4.78 is 6.52. The topological polar surface area (TPSA) is 58.6 Å². The molecule has 0 saturated heterocycles. The van der Waals surface area contributed by atoms with Gasteiger partial charge in [0.15, 0.2) is 0 Å². The third-order valence-corrected chi connectivity index (χ3v) is 4.15. The van der Waals surface area contributed by atoms with E-state index in [1.807, 2.05) is 31.2 Å². The highest BCUT2D eigenvalue weighted by atomic mass is 79.9. The van der Waals surface area contributed by atoms with Crippen LogP contribution in [-0.2, 0) is 4.79 Å². The number of nitrogens with zero attached hydrogens (tertiary/aromatic N) is 1. The number of carbonyl (C=O) groups excluding carboxylic acids is 2. The first kappa shape index (κ1) is 19.0. The van der Waals surface area contributed by atoms with E-state index in [4.69, 9.17) is 4.74 Å². The summed E-state index contributed by atoms with van der Waals surface area (Å²) >= 11 is 3.32. The van der Waals surface area contributed by atoms with Crippen LogP contribution in [-0.4, -0.2) is 43.5 Å². The molecule has 0 heterocycles. The van der Waals surface area contributed by atoms with Crippen molar-refractivity contribution < 1.29 is 14.3 Å². The van der Waals surface area contributed by atoms with Gasteiger partial charge in [0.25, 0.3) is 5.91 Å². The standard InChI is InChI=1S/C19H21BrN2O3/c1-14-4-3-5-17(12-14)25-11-10-22(2)18(23)13-21-19(24)15-6-8-16(20)9-7-15/h3-9,12H,10-11,13H2,1-2H3,(H,21,24). The monoisotopic (exact) mass is 404 g/mol. The molecular weight excluding hydrogens is 384 g/mol. The second-order valence-electron chi connectivity index (χ2n) is 5.67. The van der Waals surface area contributed by atoms with E-state index in [-0.39, 0.29) is 18.4 Å². The van der Waals surface area contributed by atoms with Crippen LogP contribution in [0.15, 0.2) is 53.0 Å². The molecule has 0 fully saturated rings. The molecule has 25 heavy (non-hydrogen) atoms. The molecule has 2 rings (SSSR count). The molecule has 0 aliphatic carbocycles. The van der Waals surface area contributed by atoms with Gasteiger partial charge in [-0.05, 0) is 48.9 Å². The van der Waals surface area contributed by atoms with Gasteiger partial charge in [0.2, 0.25) is 5.91 Å². The van der Waals surface area contributed by atoms with E-state index in [9.17, 15) is 9.59 Å². The van der Waals surface area contributed by atoms with Gasteiger partial charge >= 0.3 is 0 Å². The minimum Gasteiger partial charge on any atom is -0.492 e. The molecule has 0 aliphatic heterocycles. The van der Waals surface area contributed by atoms with E-state index in [2.05, 4.69) is 21.2 Å². The zero-order valence-corrected chi connectivity index (χ0v) is 15.9. The highest BCUT2D eigenvalue weighted by molar-refractivity contribution is 9.10. The number of hydrogen-bond acceptors (Lipinski definition) is 3. The van der Waals surface area contributed by atoms with Gasteiger partial charge in [-0.15, -0.1) is 0 Å². The van der Waals surface area contributed by atoms with Crippen molar-refractivity contribution in [1.29, 1.82) is 0 Å². The maximum atomic E-state index is 12.1. The van der Waals surface area contributed by atoms with Crippen LogP contribution < -0.4 is 10.1 Å². The minimum absolute atomic E-state index is 0.0458. The average Bonchev–Trinajstić information content (AvgIpc) is 2.60. The number of hydrogen-bond donors (Lipinski definition) is 1. The van der Waals surface area contributed by atoms with Crippen LogP contribution in [0, 0.1) is 6.92 Å². The van der Waals surface area contributed by atoms with E-state index in [1.165, 1.54) is 4.90 Å². The van der Waals surface area contributed by atoms with Crippen LogP contribution in [0.2, 0.25) is 0 Å². The molecule has 0 spiro atoms. The van der Waals surface area contributed by atoms with Crippen molar-refractivity contribution in [3.8, 4) is 5.75 Å². The van der Waals surface area contributed by atoms with Crippen molar-refractivity contribution in [2.75, 3.05) is 26.7 Å². The summed E-state index contributed by atoms with van der Waals surface area (Å²) in [5.41, 5.74) is 1.64. The fraction of sp³-hybridized carbons (Fsp3) is 0.263. The summed E-state index contributed by atoms with van der Waals surface area (Å²) in [7, 11) is 1.69. The van der Waals surface area contributed by atoms with Crippen molar-refractivity contribution in [1.82, 2.24) is 10.2 Å². The van der Waals surface area contributed by atoms with Crippen molar-refractivity contribution >= 4 is 27.7 Å². The van der Waals surface area contributed by atoms with Crippen LogP contribution in [0.4, 0.5) is 0 Å². The van der Waals surface area contributed by atoms with Gasteiger partial charge in [-0.25, -0.2) is 0 Å². The summed E-state index contributed by atoms with van der Waals surface area (Å²) in [6.07, 6.45) is 0. The number of amides is 2. The summed E-state index contributed by atoms with van der Waals surface area (Å²) in [6, 6.07) is 14.7. The minimum atomic E-state index is -0.273. The van der Waals surface area contributed by atoms with E-state index in [0.717, 1.165) is 15.8 Å². The smallest absolute Gasteiger partial charge is 0.251 e. The summed E-state index contributed by atoms with van der Waals surface area (Å²) in [6.45, 7) is 2.79. The number of carbonyl (C=O) groups is 2. The Labute approximate surface area is 156 Å². The zero-order chi connectivity index (χ0) is 18.2. The predicted molar refractivity (Wildman–Crippen MR) is 101 cm³/mol. The van der Waals surface area contributed by atoms with Crippen LogP contribution in [0.3, 0.4) is 0 Å². The van der Waals surface area contributed by atoms with Crippen molar-refractivity contribution in [3.63, 3.8) is 0 Å². The SMILES string of the molecule is Cc1cccc(OCCN(C)C(=O)CNC(=O)c2ccc(Br)cc2)c1. The summed E-state index contributed by atoms with van der Waals surface area (Å²) in [4.78, 5) is 25.6. The third-order valence-electron chi connectivity index (χ3n) is 3.62. The van der Waals surface area contributed by atoms with Crippen LogP contribution >= 0.6 is 15.9 Å². The fourth-order valence-corrected chi connectivity index (χ4v) is 2.39. The van der Waals surface area contributed by atoms with Gasteiger partial charge in [0, 0.05) is 17.1 Å². The van der Waals surface area contributed by atoms with Gasteiger partial charge in [-0.1, -0.05) is 28.1 Å². The van der Waals surface area contributed by atoms with Crippen molar-refractivity contribution in [2.24, 2.45) is 0 Å². The number of nitrogens with one attached hydrogen (secondary N) is 1. The number of likely N-dealkylation sites (N-methyl/N-ethyl adjacent to an activating group) is 1. The van der Waals surface area contributed by atoms with Crippen LogP contribution in [0.5, 0.6) is 5.75 Å². The lowest BCUT2D eigenvalue weighted by Crippen LogP contribution is -2.39. The highest BCUT2D eigenvalue weighted by Gasteiger charge is 2.11. The quantitative estimate of drug-likeness (QED) is 0.771. The Kier molecular flexibility index (Phi) is 7.01. The molecule has 0 saturated carbocycles. The van der Waals surface area contributed by atoms with Gasteiger partial charge in [0.1, 0.15) is 12.4 Å². The fourth-order valence-electron chi connectivity index (χ4n) is 2.12. The molecule has 132 valence electrons. The first-order valence-electron chi connectivity index (χ1n) is 7.93. The molecule has 0 aromatic heterocycles. The number of halogens is 1. The first-order chi connectivity index (χ1) is 12.0. The summed E-state index contributed by atoms with van der Waals surface area (Å²) in [5.74, 6) is 0.341. The third kappa shape index (κ3) is 6.23. The molecular formula is C19H21BrN2O3. The molecule has 0 unspecified atom stereocenters. The highest BCUT2D eigenvalue weighted by Crippen LogP contribution is 2.12. The second kappa shape index (κ2) is 9.22. The Morgan fingerprint density at radius 3 is 2.56 bits per heavy atom. The molecule has 1 N–H and O–H groups in total. The number of benzene rings is 2. The van der Waals surface area contributed by atoms with Gasteiger partial charge in [-0.3, -0.25) is 9.59 Å². The molecule has 0 atom stereocenters. The zero-order valence-electron chi connectivity index (χ0n) is 14.3. The van der Waals surface area contributed by atoms with E-state index >= 15 is 0 Å². The molecule has 0 radical (unpaired) electrons. The Bertz CT molecular complexity index is 732. The molecule has 0 aliphatic rings.